The van der Waals surface area contributed by atoms with E-state index >= 15 is 13.2 Å². The lowest BCUT2D eigenvalue weighted by Crippen LogP contribution is -2.52. The molecule has 2 aromatic carbocycles. The number of hydrogen-bond donors (Lipinski definition) is 1. The van der Waals surface area contributed by atoms with Gasteiger partial charge in [0.15, 0.2) is 0 Å². The summed E-state index contributed by atoms with van der Waals surface area (Å²) in [4.78, 5) is 18.2. The Kier molecular flexibility index (Phi) is 8.18. The Bertz CT molecular complexity index is 1510. The summed E-state index contributed by atoms with van der Waals surface area (Å²) in [6, 6.07) is 9.27. The van der Waals surface area contributed by atoms with Crippen molar-refractivity contribution >= 4 is 17.7 Å². The number of rotatable bonds is 8. The number of benzene rings is 2. The summed E-state index contributed by atoms with van der Waals surface area (Å²) in [6.45, 7) is -1.72. The fraction of sp³-hybridized carbons (Fsp3) is 0.160. The number of carbonyl (C=O) groups is 1. The first-order valence-electron chi connectivity index (χ1n) is 11.0. The Labute approximate surface area is 222 Å². The minimum atomic E-state index is -4.25. The van der Waals surface area contributed by atoms with Gasteiger partial charge in [0.25, 0.3) is 0 Å². The van der Waals surface area contributed by atoms with Crippen molar-refractivity contribution < 1.29 is 31.5 Å². The van der Waals surface area contributed by atoms with Crippen LogP contribution in [-0.4, -0.2) is 37.7 Å². The predicted molar refractivity (Wildman–Crippen MR) is 126 cm³/mol. The van der Waals surface area contributed by atoms with Gasteiger partial charge in [0.1, 0.15) is 36.0 Å². The third kappa shape index (κ3) is 6.02. The van der Waals surface area contributed by atoms with Gasteiger partial charge in [-0.2, -0.15) is 8.78 Å². The Hall–Kier alpha value is -4.41. The molecule has 2 aromatic heterocycles. The van der Waals surface area contributed by atoms with Crippen LogP contribution in [0.3, 0.4) is 0 Å². The second-order valence-electron chi connectivity index (χ2n) is 8.01. The molecule has 0 aliphatic heterocycles. The van der Waals surface area contributed by atoms with E-state index in [9.17, 15) is 13.6 Å². The summed E-state index contributed by atoms with van der Waals surface area (Å²) >= 11 is 5.35. The van der Waals surface area contributed by atoms with E-state index in [1.165, 1.54) is 30.3 Å². The second-order valence-corrected chi connectivity index (χ2v) is 8.27. The van der Waals surface area contributed by atoms with Crippen LogP contribution >= 0.6 is 11.8 Å². The fourth-order valence-electron chi connectivity index (χ4n) is 3.63. The van der Waals surface area contributed by atoms with Crippen molar-refractivity contribution in [3.05, 3.63) is 107 Å². The maximum absolute atomic E-state index is 16.4. The number of nitrogens with one attached hydrogen (secondary N) is 1. The summed E-state index contributed by atoms with van der Waals surface area (Å²) in [5, 5.41) is 10.3. The number of carbonyl (C=O) groups excluding carboxylic acids is 1. The molecule has 200 valence electrons. The third-order valence-electron chi connectivity index (χ3n) is 5.43. The summed E-state index contributed by atoms with van der Waals surface area (Å²) in [7, 11) is 0. The largest absolute Gasteiger partial charge is 0.444 e. The van der Waals surface area contributed by atoms with E-state index in [0.29, 0.717) is 11.6 Å². The van der Waals surface area contributed by atoms with Crippen molar-refractivity contribution in [2.75, 3.05) is 6.54 Å². The highest BCUT2D eigenvalue weighted by Crippen LogP contribution is 2.49. The molecule has 0 aliphatic rings. The quantitative estimate of drug-likeness (QED) is 0.151. The first-order chi connectivity index (χ1) is 18.6. The van der Waals surface area contributed by atoms with Crippen LogP contribution in [0.5, 0.6) is 0 Å². The normalized spacial score (nSPS) is 12.8. The highest BCUT2D eigenvalue weighted by molar-refractivity contribution is 6.14. The maximum atomic E-state index is 16.4. The van der Waals surface area contributed by atoms with Crippen LogP contribution < -0.4 is 4.84 Å². The van der Waals surface area contributed by atoms with Gasteiger partial charge in [-0.15, -0.1) is 5.10 Å². The zero-order chi connectivity index (χ0) is 28.0. The number of ether oxygens (including phenoxy) is 1. The first-order valence-corrected chi connectivity index (χ1v) is 11.4. The molecule has 0 radical (unpaired) electrons. The number of aromatic nitrogens is 5. The molecule has 2 heterocycles. The van der Waals surface area contributed by atoms with Crippen LogP contribution in [0, 0.1) is 29.3 Å². The van der Waals surface area contributed by atoms with Gasteiger partial charge in [0.05, 0.1) is 6.54 Å². The maximum Gasteiger partial charge on any atom is 0.334 e. The highest BCUT2D eigenvalue weighted by atomic mass is 35.5. The summed E-state index contributed by atoms with van der Waals surface area (Å²) < 4.78 is 80.8. The number of hydrogen-bond acceptors (Lipinski definition) is 7. The molecule has 0 spiro atoms. The molecule has 1 unspecified atom stereocenters. The lowest BCUT2D eigenvalue weighted by Gasteiger charge is -2.39. The molecular weight excluding hydrogens is 547 g/mol. The van der Waals surface area contributed by atoms with Gasteiger partial charge in [-0.3, -0.25) is 9.78 Å². The minimum absolute atomic E-state index is 0.223. The van der Waals surface area contributed by atoms with E-state index in [0.717, 1.165) is 35.4 Å². The van der Waals surface area contributed by atoms with E-state index in [2.05, 4.69) is 32.4 Å². The Balaban J connectivity index is 1.81. The van der Waals surface area contributed by atoms with E-state index in [1.54, 1.807) is 0 Å². The molecule has 4 aromatic rings. The van der Waals surface area contributed by atoms with Crippen molar-refractivity contribution in [2.24, 2.45) is 0 Å². The summed E-state index contributed by atoms with van der Waals surface area (Å²) in [6.07, 6.45) is 1.98. The summed E-state index contributed by atoms with van der Waals surface area (Å²) in [5.41, 5.74) is -4.26. The van der Waals surface area contributed by atoms with Crippen LogP contribution in [0.15, 0.2) is 67.1 Å². The highest BCUT2D eigenvalue weighted by Gasteiger charge is 2.62. The van der Waals surface area contributed by atoms with Crippen LogP contribution in [0.4, 0.5) is 22.0 Å². The van der Waals surface area contributed by atoms with Crippen molar-refractivity contribution in [3.63, 3.8) is 0 Å². The van der Waals surface area contributed by atoms with Gasteiger partial charge in [-0.1, -0.05) is 11.8 Å². The van der Waals surface area contributed by atoms with Crippen molar-refractivity contribution in [1.82, 2.24) is 30.0 Å². The molecule has 0 fully saturated rings. The standard InChI is InChI=1S/C25H16ClF5N6O2/c26-33-13-23(38)39-24(14-37-15-34-35-36-37,20-9-8-19(28)11-21(20)29)25(30,31)22-10-5-17(12-32-22)2-1-16-3-6-18(27)7-4-16/h3-12,15,33H,13-14H2. The zero-order valence-corrected chi connectivity index (χ0v) is 20.3. The molecule has 1 atom stereocenters. The molecule has 0 saturated heterocycles. The minimum Gasteiger partial charge on any atom is -0.444 e. The number of esters is 1. The fourth-order valence-corrected chi connectivity index (χ4v) is 3.73. The Morgan fingerprint density at radius 3 is 2.31 bits per heavy atom. The molecule has 39 heavy (non-hydrogen) atoms. The number of tetrazole rings is 1. The third-order valence-corrected chi connectivity index (χ3v) is 5.56. The van der Waals surface area contributed by atoms with Gasteiger partial charge in [-0.25, -0.2) is 22.7 Å². The van der Waals surface area contributed by atoms with Crippen molar-refractivity contribution in [2.45, 2.75) is 18.1 Å². The van der Waals surface area contributed by atoms with Crippen LogP contribution in [0.25, 0.3) is 0 Å². The monoisotopic (exact) mass is 562 g/mol. The van der Waals surface area contributed by atoms with E-state index in [4.69, 9.17) is 16.5 Å². The zero-order valence-electron chi connectivity index (χ0n) is 19.6. The van der Waals surface area contributed by atoms with Gasteiger partial charge in [0.2, 0.25) is 5.60 Å². The van der Waals surface area contributed by atoms with Crippen LogP contribution in [0.2, 0.25) is 0 Å². The Morgan fingerprint density at radius 2 is 1.69 bits per heavy atom. The van der Waals surface area contributed by atoms with E-state index in [-0.39, 0.29) is 5.56 Å². The SMILES string of the molecule is O=C(CNCl)OC(Cn1cnnn1)(c1ccc(F)cc1F)C(F)(F)c1ccc(C#Cc2ccc(F)cc2)cn1. The molecule has 0 aliphatic carbocycles. The average Bonchev–Trinajstić information content (AvgIpc) is 3.41. The molecule has 14 heteroatoms. The van der Waals surface area contributed by atoms with Crippen LogP contribution in [-0.2, 0) is 27.6 Å². The average molecular weight is 563 g/mol. The number of nitrogens with zero attached hydrogens (tertiary/aromatic N) is 5. The number of pyridine rings is 1. The molecule has 0 amide bonds. The lowest BCUT2D eigenvalue weighted by atomic mass is 9.84. The number of alkyl halides is 2. The summed E-state index contributed by atoms with van der Waals surface area (Å²) in [5.74, 6) is -3.00. The predicted octanol–water partition coefficient (Wildman–Crippen LogP) is 3.86. The molecule has 0 bridgehead atoms. The molecule has 1 N–H and O–H groups in total. The van der Waals surface area contributed by atoms with Crippen molar-refractivity contribution in [3.8, 4) is 11.8 Å². The smallest absolute Gasteiger partial charge is 0.334 e. The lowest BCUT2D eigenvalue weighted by molar-refractivity contribution is -0.231. The molecular formula is C25H16ClF5N6O2. The molecule has 8 nitrogen and oxygen atoms in total. The van der Waals surface area contributed by atoms with Gasteiger partial charge in [0, 0.05) is 29.0 Å². The van der Waals surface area contributed by atoms with Gasteiger partial charge < -0.3 is 4.74 Å². The van der Waals surface area contributed by atoms with Crippen molar-refractivity contribution in [1.29, 1.82) is 0 Å². The molecule has 4 rings (SSSR count). The van der Waals surface area contributed by atoms with Gasteiger partial charge in [-0.05, 0) is 70.7 Å². The molecule has 0 saturated carbocycles. The Morgan fingerprint density at radius 1 is 1.00 bits per heavy atom. The second kappa shape index (κ2) is 11.5. The van der Waals surface area contributed by atoms with Gasteiger partial charge >= 0.3 is 11.9 Å². The van der Waals surface area contributed by atoms with E-state index < -0.39 is 59.3 Å². The first kappa shape index (κ1) is 27.6. The van der Waals surface area contributed by atoms with Crippen LogP contribution in [0.1, 0.15) is 22.4 Å². The number of halogens is 6. The topological polar surface area (TPSA) is 94.8 Å². The van der Waals surface area contributed by atoms with E-state index in [1.807, 2.05) is 4.84 Å².